The van der Waals surface area contributed by atoms with Gasteiger partial charge in [0.15, 0.2) is 0 Å². The molecular formula is C14H21N3O3. The molecule has 6 heteroatoms. The molecule has 0 bridgehead atoms. The fraction of sp³-hybridized carbons (Fsp3) is 0.500. The van der Waals surface area contributed by atoms with Crippen molar-refractivity contribution in [2.45, 2.75) is 39.7 Å². The summed E-state index contributed by atoms with van der Waals surface area (Å²) in [5.74, 6) is 0.273. The topological polar surface area (TPSA) is 98.3 Å². The lowest BCUT2D eigenvalue weighted by Gasteiger charge is -2.17. The number of nitrogens with zero attached hydrogens (tertiary/aromatic N) is 1. The van der Waals surface area contributed by atoms with Crippen LogP contribution in [0.4, 0.5) is 11.4 Å². The summed E-state index contributed by atoms with van der Waals surface area (Å²) in [5.41, 5.74) is 5.72. The van der Waals surface area contributed by atoms with Crippen molar-refractivity contribution in [2.75, 3.05) is 5.73 Å². The van der Waals surface area contributed by atoms with Crippen LogP contribution in [0.5, 0.6) is 0 Å². The molecule has 1 rings (SSSR count). The van der Waals surface area contributed by atoms with E-state index in [-0.39, 0.29) is 23.3 Å². The molecule has 1 aromatic rings. The lowest BCUT2D eigenvalue weighted by Crippen LogP contribution is -2.33. The Hall–Kier alpha value is -2.11. The van der Waals surface area contributed by atoms with Gasteiger partial charge in [-0.2, -0.15) is 0 Å². The van der Waals surface area contributed by atoms with Gasteiger partial charge in [0.05, 0.1) is 4.92 Å². The van der Waals surface area contributed by atoms with E-state index in [0.717, 1.165) is 12.8 Å². The first-order valence-corrected chi connectivity index (χ1v) is 6.69. The molecule has 2 unspecified atom stereocenters. The van der Waals surface area contributed by atoms with Gasteiger partial charge in [-0.05, 0) is 31.4 Å². The molecule has 1 amide bonds. The smallest absolute Gasteiger partial charge is 0.292 e. The number of amides is 1. The Kier molecular flexibility index (Phi) is 5.49. The Balaban J connectivity index is 2.73. The second-order valence-electron chi connectivity index (χ2n) is 5.15. The number of carbonyl (C=O) groups excluding carboxylic acids is 1. The molecule has 0 aromatic heterocycles. The Morgan fingerprint density at radius 1 is 1.45 bits per heavy atom. The van der Waals surface area contributed by atoms with E-state index in [9.17, 15) is 14.9 Å². The minimum absolute atomic E-state index is 0.00257. The molecule has 6 nitrogen and oxygen atoms in total. The van der Waals surface area contributed by atoms with Gasteiger partial charge >= 0.3 is 0 Å². The zero-order valence-corrected chi connectivity index (χ0v) is 12.1. The van der Waals surface area contributed by atoms with Crippen LogP contribution in [0.3, 0.4) is 0 Å². The largest absolute Gasteiger partial charge is 0.393 e. The van der Waals surface area contributed by atoms with Gasteiger partial charge in [-0.15, -0.1) is 0 Å². The predicted octanol–water partition coefficient (Wildman–Crippen LogP) is 2.73. The van der Waals surface area contributed by atoms with Crippen molar-refractivity contribution in [1.82, 2.24) is 5.32 Å². The van der Waals surface area contributed by atoms with Crippen molar-refractivity contribution in [2.24, 2.45) is 5.92 Å². The number of hydrogen-bond donors (Lipinski definition) is 2. The van der Waals surface area contributed by atoms with Gasteiger partial charge in [-0.1, -0.05) is 20.3 Å². The van der Waals surface area contributed by atoms with E-state index in [2.05, 4.69) is 19.2 Å². The molecule has 0 aliphatic heterocycles. The van der Waals surface area contributed by atoms with Crippen LogP contribution < -0.4 is 11.1 Å². The summed E-state index contributed by atoms with van der Waals surface area (Å²) in [6.07, 6.45) is 1.95. The molecule has 0 aliphatic rings. The maximum atomic E-state index is 12.0. The quantitative estimate of drug-likeness (QED) is 0.475. The molecule has 0 saturated carbocycles. The number of nitrogens with one attached hydrogen (secondary N) is 1. The van der Waals surface area contributed by atoms with Crippen LogP contribution in [-0.2, 0) is 0 Å². The number of nitrogens with two attached hydrogens (primary N) is 1. The molecule has 2 atom stereocenters. The van der Waals surface area contributed by atoms with E-state index in [1.807, 2.05) is 6.92 Å². The normalized spacial score (nSPS) is 13.6. The van der Waals surface area contributed by atoms with Gasteiger partial charge in [0, 0.05) is 17.7 Å². The van der Waals surface area contributed by atoms with Crippen LogP contribution in [0.15, 0.2) is 18.2 Å². The molecule has 0 saturated heterocycles. The second-order valence-corrected chi connectivity index (χ2v) is 5.15. The van der Waals surface area contributed by atoms with E-state index < -0.39 is 4.92 Å². The van der Waals surface area contributed by atoms with Gasteiger partial charge < -0.3 is 11.1 Å². The van der Waals surface area contributed by atoms with E-state index in [4.69, 9.17) is 5.73 Å². The first-order valence-electron chi connectivity index (χ1n) is 6.69. The highest BCUT2D eigenvalue weighted by atomic mass is 16.6. The highest BCUT2D eigenvalue weighted by Crippen LogP contribution is 2.22. The second kappa shape index (κ2) is 6.88. The zero-order valence-electron chi connectivity index (χ0n) is 12.1. The average molecular weight is 279 g/mol. The number of nitro groups is 1. The third-order valence-electron chi connectivity index (χ3n) is 3.32. The number of hydrogen-bond acceptors (Lipinski definition) is 4. The molecule has 110 valence electrons. The van der Waals surface area contributed by atoms with Crippen LogP contribution in [0.1, 0.15) is 44.0 Å². The van der Waals surface area contributed by atoms with Crippen molar-refractivity contribution < 1.29 is 9.72 Å². The summed E-state index contributed by atoms with van der Waals surface area (Å²) in [6.45, 7) is 6.18. The molecule has 0 heterocycles. The van der Waals surface area contributed by atoms with Crippen LogP contribution in [0.2, 0.25) is 0 Å². The van der Waals surface area contributed by atoms with Gasteiger partial charge in [0.2, 0.25) is 0 Å². The minimum Gasteiger partial charge on any atom is -0.393 e. The molecule has 0 fully saturated rings. The van der Waals surface area contributed by atoms with E-state index in [1.54, 1.807) is 0 Å². The Labute approximate surface area is 118 Å². The lowest BCUT2D eigenvalue weighted by atomic mass is 10.00. The van der Waals surface area contributed by atoms with Crippen LogP contribution in [0, 0.1) is 16.0 Å². The first kappa shape index (κ1) is 15.9. The number of carbonyl (C=O) groups is 1. The highest BCUT2D eigenvalue weighted by molar-refractivity contribution is 5.95. The molecule has 0 aliphatic carbocycles. The number of rotatable bonds is 6. The third-order valence-corrected chi connectivity index (χ3v) is 3.32. The summed E-state index contributed by atoms with van der Waals surface area (Å²) in [6, 6.07) is 4.06. The monoisotopic (exact) mass is 279 g/mol. The van der Waals surface area contributed by atoms with E-state index in [0.29, 0.717) is 11.5 Å². The molecule has 0 spiro atoms. The zero-order chi connectivity index (χ0) is 15.3. The van der Waals surface area contributed by atoms with Gasteiger partial charge in [-0.3, -0.25) is 14.9 Å². The van der Waals surface area contributed by atoms with Gasteiger partial charge in [0.1, 0.15) is 5.69 Å². The van der Waals surface area contributed by atoms with E-state index >= 15 is 0 Å². The maximum Gasteiger partial charge on any atom is 0.292 e. The van der Waals surface area contributed by atoms with Crippen molar-refractivity contribution in [3.63, 3.8) is 0 Å². The third kappa shape index (κ3) is 4.22. The Bertz CT molecular complexity index is 502. The minimum atomic E-state index is -0.567. The maximum absolute atomic E-state index is 12.0. The number of anilines is 1. The number of nitro benzene ring substituents is 1. The molecule has 3 N–H and O–H groups in total. The summed E-state index contributed by atoms with van der Waals surface area (Å²) in [5, 5.41) is 13.5. The first-order chi connectivity index (χ1) is 9.35. The Morgan fingerprint density at radius 3 is 2.60 bits per heavy atom. The molecular weight excluding hydrogens is 258 g/mol. The van der Waals surface area contributed by atoms with Crippen molar-refractivity contribution in [3.8, 4) is 0 Å². The average Bonchev–Trinajstić information content (AvgIpc) is 2.37. The fourth-order valence-corrected chi connectivity index (χ4v) is 2.00. The van der Waals surface area contributed by atoms with Crippen molar-refractivity contribution in [1.29, 1.82) is 0 Å². The highest BCUT2D eigenvalue weighted by Gasteiger charge is 2.16. The van der Waals surface area contributed by atoms with Crippen molar-refractivity contribution in [3.05, 3.63) is 33.9 Å². The number of benzene rings is 1. The predicted molar refractivity (Wildman–Crippen MR) is 78.5 cm³/mol. The lowest BCUT2D eigenvalue weighted by molar-refractivity contribution is -0.383. The Morgan fingerprint density at radius 2 is 2.10 bits per heavy atom. The van der Waals surface area contributed by atoms with Gasteiger partial charge in [0.25, 0.3) is 11.6 Å². The fourth-order valence-electron chi connectivity index (χ4n) is 2.00. The van der Waals surface area contributed by atoms with Crippen LogP contribution >= 0.6 is 0 Å². The number of nitrogen functional groups attached to an aromatic ring is 1. The summed E-state index contributed by atoms with van der Waals surface area (Å²) >= 11 is 0. The van der Waals surface area contributed by atoms with Crippen LogP contribution in [-0.4, -0.2) is 16.9 Å². The summed E-state index contributed by atoms with van der Waals surface area (Å²) < 4.78 is 0. The van der Waals surface area contributed by atoms with Crippen molar-refractivity contribution >= 4 is 17.3 Å². The molecule has 20 heavy (non-hydrogen) atoms. The summed E-state index contributed by atoms with van der Waals surface area (Å²) in [7, 11) is 0. The van der Waals surface area contributed by atoms with Crippen LogP contribution in [0.25, 0.3) is 0 Å². The molecule has 0 radical (unpaired) electrons. The standard InChI is InChI=1S/C14H21N3O3/c1-4-9(2)7-10(3)16-14(18)11-5-6-13(17(19)20)12(15)8-11/h5-6,8-10H,4,7,15H2,1-3H3,(H,16,18). The SMILES string of the molecule is CCC(C)CC(C)NC(=O)c1ccc([N+](=O)[O-])c(N)c1. The molecule has 1 aromatic carbocycles. The van der Waals surface area contributed by atoms with Gasteiger partial charge in [-0.25, -0.2) is 0 Å². The van der Waals surface area contributed by atoms with E-state index in [1.165, 1.54) is 18.2 Å². The summed E-state index contributed by atoms with van der Waals surface area (Å²) in [4.78, 5) is 22.1.